The standard InChI is InChI=1S/C10H16N.CN/c1-4-11(2,3)10-8-6-5-7-9-10;1-2/h5-9H,4H2,1-3H3;/q+1;-1. The molecule has 0 radical (unpaired) electrons. The van der Waals surface area contributed by atoms with Crippen molar-refractivity contribution in [1.29, 1.82) is 5.26 Å². The number of benzene rings is 1. The Balaban J connectivity index is 0.000000671. The third-order valence-corrected chi connectivity index (χ3v) is 2.25. The largest absolute Gasteiger partial charge is 0.512 e. The molecule has 2 nitrogen and oxygen atoms in total. The van der Waals surface area contributed by atoms with Crippen molar-refractivity contribution >= 4 is 5.69 Å². The summed E-state index contributed by atoms with van der Waals surface area (Å²) in [6.45, 7) is 8.08. The summed E-state index contributed by atoms with van der Waals surface area (Å²) in [5.74, 6) is 0. The highest BCUT2D eigenvalue weighted by Crippen LogP contribution is 2.16. The van der Waals surface area contributed by atoms with E-state index < -0.39 is 0 Å². The molecule has 70 valence electrons. The zero-order chi connectivity index (χ0) is 10.3. The van der Waals surface area contributed by atoms with E-state index in [1.807, 2.05) is 0 Å². The average molecular weight is 176 g/mol. The number of hydrogen-bond donors (Lipinski definition) is 0. The van der Waals surface area contributed by atoms with Gasteiger partial charge in [0, 0.05) is 0 Å². The minimum absolute atomic E-state index is 0.959. The second-order valence-corrected chi connectivity index (χ2v) is 3.34. The molecular weight excluding hydrogens is 160 g/mol. The summed E-state index contributed by atoms with van der Waals surface area (Å²) in [6, 6.07) is 10.6. The van der Waals surface area contributed by atoms with E-state index in [2.05, 4.69) is 51.4 Å². The molecule has 0 fully saturated rings. The Hall–Kier alpha value is -1.33. The summed E-state index contributed by atoms with van der Waals surface area (Å²) < 4.78 is 0.959. The normalized spacial score (nSPS) is 9.92. The van der Waals surface area contributed by atoms with Gasteiger partial charge in [-0.05, 0) is 19.1 Å². The van der Waals surface area contributed by atoms with Crippen molar-refractivity contribution in [2.24, 2.45) is 0 Å². The van der Waals surface area contributed by atoms with Gasteiger partial charge in [-0.15, -0.1) is 0 Å². The van der Waals surface area contributed by atoms with Crippen LogP contribution in [0, 0.1) is 11.8 Å². The lowest BCUT2D eigenvalue weighted by Gasteiger charge is -2.27. The summed E-state index contributed by atoms with van der Waals surface area (Å²) >= 11 is 0. The third-order valence-electron chi connectivity index (χ3n) is 2.25. The first-order valence-corrected chi connectivity index (χ1v) is 4.28. The molecule has 0 heterocycles. The second kappa shape index (κ2) is 5.34. The fourth-order valence-electron chi connectivity index (χ4n) is 1.01. The molecule has 0 N–H and O–H groups in total. The van der Waals surface area contributed by atoms with Gasteiger partial charge in [0.05, 0.1) is 20.6 Å². The Morgan fingerprint density at radius 3 is 2.00 bits per heavy atom. The van der Waals surface area contributed by atoms with Crippen LogP contribution in [0.2, 0.25) is 0 Å². The lowest BCUT2D eigenvalue weighted by atomic mass is 10.2. The second-order valence-electron chi connectivity index (χ2n) is 3.34. The molecule has 0 aliphatic rings. The van der Waals surface area contributed by atoms with Crippen LogP contribution >= 0.6 is 0 Å². The fraction of sp³-hybridized carbons (Fsp3) is 0.364. The zero-order valence-electron chi connectivity index (χ0n) is 8.49. The molecule has 1 aromatic carbocycles. The van der Waals surface area contributed by atoms with Crippen LogP contribution in [0.25, 0.3) is 0 Å². The predicted molar refractivity (Wildman–Crippen MR) is 55.6 cm³/mol. The van der Waals surface area contributed by atoms with Gasteiger partial charge in [0.2, 0.25) is 0 Å². The minimum Gasteiger partial charge on any atom is -0.512 e. The molecule has 1 rings (SSSR count). The van der Waals surface area contributed by atoms with Crippen molar-refractivity contribution in [3.8, 4) is 0 Å². The van der Waals surface area contributed by atoms with Crippen LogP contribution in [0.15, 0.2) is 30.3 Å². The highest BCUT2D eigenvalue weighted by molar-refractivity contribution is 5.40. The van der Waals surface area contributed by atoms with E-state index in [1.165, 1.54) is 5.69 Å². The van der Waals surface area contributed by atoms with E-state index in [4.69, 9.17) is 11.8 Å². The highest BCUT2D eigenvalue weighted by atomic mass is 15.3. The summed E-state index contributed by atoms with van der Waals surface area (Å²) in [6.07, 6.45) is 0. The Kier molecular flexibility index (Phi) is 4.79. The van der Waals surface area contributed by atoms with Crippen LogP contribution in [-0.4, -0.2) is 20.6 Å². The average Bonchev–Trinajstić information content (AvgIpc) is 2.22. The van der Waals surface area contributed by atoms with Crippen LogP contribution in [0.4, 0.5) is 5.69 Å². The van der Waals surface area contributed by atoms with Gasteiger partial charge in [-0.1, -0.05) is 18.2 Å². The molecule has 0 aliphatic heterocycles. The maximum absolute atomic E-state index is 6.25. The van der Waals surface area contributed by atoms with E-state index >= 15 is 0 Å². The quantitative estimate of drug-likeness (QED) is 0.501. The van der Waals surface area contributed by atoms with Gasteiger partial charge in [0.15, 0.2) is 0 Å². The van der Waals surface area contributed by atoms with Gasteiger partial charge < -0.3 is 11.8 Å². The molecule has 0 unspecified atom stereocenters. The first kappa shape index (κ1) is 11.7. The van der Waals surface area contributed by atoms with Crippen molar-refractivity contribution in [3.63, 3.8) is 0 Å². The zero-order valence-corrected chi connectivity index (χ0v) is 8.49. The van der Waals surface area contributed by atoms with Gasteiger partial charge in [0.1, 0.15) is 5.69 Å². The summed E-state index contributed by atoms with van der Waals surface area (Å²) in [5.41, 5.74) is 1.37. The lowest BCUT2D eigenvalue weighted by Crippen LogP contribution is -2.39. The van der Waals surface area contributed by atoms with Gasteiger partial charge in [0.25, 0.3) is 0 Å². The fourth-order valence-corrected chi connectivity index (χ4v) is 1.01. The van der Waals surface area contributed by atoms with Gasteiger partial charge in [-0.25, -0.2) is 0 Å². The Morgan fingerprint density at radius 2 is 1.62 bits per heavy atom. The van der Waals surface area contributed by atoms with E-state index in [9.17, 15) is 0 Å². The van der Waals surface area contributed by atoms with Gasteiger partial charge in [-0.2, -0.15) is 0 Å². The summed E-state index contributed by atoms with van der Waals surface area (Å²) in [7, 11) is 4.44. The maximum atomic E-state index is 6.25. The van der Waals surface area contributed by atoms with Crippen molar-refractivity contribution < 1.29 is 0 Å². The molecule has 0 atom stereocenters. The van der Waals surface area contributed by atoms with Crippen LogP contribution in [0.3, 0.4) is 0 Å². The molecule has 0 aliphatic carbocycles. The van der Waals surface area contributed by atoms with Gasteiger partial charge >= 0.3 is 0 Å². The Bertz CT molecular complexity index is 249. The van der Waals surface area contributed by atoms with Crippen molar-refractivity contribution in [3.05, 3.63) is 36.9 Å². The molecule has 0 amide bonds. The SMILES string of the molecule is CC[N+](C)(C)c1ccccc1.[C-]#N. The molecule has 0 spiro atoms. The van der Waals surface area contributed by atoms with Gasteiger partial charge in [-0.3, -0.25) is 4.48 Å². The van der Waals surface area contributed by atoms with Crippen LogP contribution in [0.1, 0.15) is 6.92 Å². The first-order valence-electron chi connectivity index (χ1n) is 4.28. The number of rotatable bonds is 2. The molecule has 0 bridgehead atoms. The molecule has 0 saturated carbocycles. The van der Waals surface area contributed by atoms with E-state index in [0.29, 0.717) is 0 Å². The van der Waals surface area contributed by atoms with Crippen molar-refractivity contribution in [1.82, 2.24) is 4.48 Å². The highest BCUT2D eigenvalue weighted by Gasteiger charge is 2.13. The molecule has 0 aromatic heterocycles. The molecule has 1 aromatic rings. The Morgan fingerprint density at radius 1 is 1.15 bits per heavy atom. The van der Waals surface area contributed by atoms with Crippen LogP contribution < -0.4 is 4.48 Å². The van der Waals surface area contributed by atoms with Crippen molar-refractivity contribution in [2.45, 2.75) is 6.92 Å². The smallest absolute Gasteiger partial charge is 0.132 e. The first-order chi connectivity index (χ1) is 6.17. The monoisotopic (exact) mass is 176 g/mol. The number of hydrogen-bond acceptors (Lipinski definition) is 1. The molecule has 0 saturated heterocycles. The molecule has 2 heteroatoms. The topological polar surface area (TPSA) is 23.8 Å². The van der Waals surface area contributed by atoms with E-state index in [-0.39, 0.29) is 0 Å². The maximum Gasteiger partial charge on any atom is 0.132 e. The molecular formula is C11H16N2. The van der Waals surface area contributed by atoms with Crippen LogP contribution in [-0.2, 0) is 0 Å². The minimum atomic E-state index is 0.959. The Labute approximate surface area is 80.6 Å². The lowest BCUT2D eigenvalue weighted by molar-refractivity contribution is 0.421. The third kappa shape index (κ3) is 3.27. The van der Waals surface area contributed by atoms with E-state index in [1.54, 1.807) is 0 Å². The molecule has 13 heavy (non-hydrogen) atoms. The van der Waals surface area contributed by atoms with Crippen LogP contribution in [0.5, 0.6) is 0 Å². The van der Waals surface area contributed by atoms with Crippen molar-refractivity contribution in [2.75, 3.05) is 20.6 Å². The summed E-state index contributed by atoms with van der Waals surface area (Å²) in [4.78, 5) is 0. The summed E-state index contributed by atoms with van der Waals surface area (Å²) in [5, 5.41) is 6.25. The number of quaternary nitrogens is 1. The predicted octanol–water partition coefficient (Wildman–Crippen LogP) is 2.37. The van der Waals surface area contributed by atoms with E-state index in [0.717, 1.165) is 11.0 Å². The number of para-hydroxylation sites is 1. The number of nitrogens with zero attached hydrogens (tertiary/aromatic N) is 2.